The number of amides is 5. The quantitative estimate of drug-likeness (QED) is 0.0683. The van der Waals surface area contributed by atoms with Gasteiger partial charge in [-0.2, -0.15) is 0 Å². The van der Waals surface area contributed by atoms with E-state index in [2.05, 4.69) is 36.6 Å². The van der Waals surface area contributed by atoms with Crippen molar-refractivity contribution in [1.82, 2.24) is 36.6 Å². The predicted molar refractivity (Wildman–Crippen MR) is 177 cm³/mol. The van der Waals surface area contributed by atoms with Crippen molar-refractivity contribution in [2.45, 2.75) is 116 Å². The van der Waals surface area contributed by atoms with Crippen LogP contribution >= 0.6 is 0 Å². The minimum atomic E-state index is -1.91. The van der Waals surface area contributed by atoms with Gasteiger partial charge in [-0.25, -0.2) is 4.98 Å². The third kappa shape index (κ3) is 12.1. The molecular formula is C33H52N8O7. The van der Waals surface area contributed by atoms with E-state index in [9.17, 15) is 33.6 Å². The van der Waals surface area contributed by atoms with Crippen molar-refractivity contribution in [3.8, 4) is 0 Å². The summed E-state index contributed by atoms with van der Waals surface area (Å²) in [5, 5.41) is 12.9. The monoisotopic (exact) mass is 672 g/mol. The highest BCUT2D eigenvalue weighted by molar-refractivity contribution is 6.38. The van der Waals surface area contributed by atoms with Crippen molar-refractivity contribution >= 4 is 41.6 Å². The molecule has 5 amide bonds. The van der Waals surface area contributed by atoms with Crippen molar-refractivity contribution in [2.75, 3.05) is 6.54 Å². The zero-order chi connectivity index (χ0) is 35.9. The maximum Gasteiger partial charge on any atom is 0.289 e. The molecule has 1 heterocycles. The van der Waals surface area contributed by atoms with Gasteiger partial charge in [-0.05, 0) is 37.0 Å². The summed E-state index contributed by atoms with van der Waals surface area (Å²) in [7, 11) is 0. The van der Waals surface area contributed by atoms with E-state index in [0.717, 1.165) is 32.1 Å². The average Bonchev–Trinajstić information content (AvgIpc) is 3.07. The number of Topliss-reactive ketones (excluding diaryl/α,β-unsaturated/α-hetero) is 1. The van der Waals surface area contributed by atoms with Crippen LogP contribution in [0.4, 0.5) is 0 Å². The number of nitrogens with one attached hydrogen (secondary N) is 5. The molecule has 48 heavy (non-hydrogen) atoms. The van der Waals surface area contributed by atoms with Gasteiger partial charge in [0.05, 0.1) is 18.8 Å². The third-order valence-electron chi connectivity index (χ3n) is 8.59. The van der Waals surface area contributed by atoms with Gasteiger partial charge in [0, 0.05) is 12.4 Å². The van der Waals surface area contributed by atoms with E-state index in [1.165, 1.54) is 18.6 Å². The number of aldehydes is 1. The number of hydrogen-bond acceptors (Lipinski definition) is 10. The first-order valence-electron chi connectivity index (χ1n) is 16.8. The summed E-state index contributed by atoms with van der Waals surface area (Å²) in [6.07, 6.45) is 10.1. The number of nitrogens with zero attached hydrogens (tertiary/aromatic N) is 2. The molecule has 1 aromatic heterocycles. The van der Waals surface area contributed by atoms with Crippen LogP contribution in [0.2, 0.25) is 0 Å². The van der Waals surface area contributed by atoms with Crippen LogP contribution in [-0.4, -0.2) is 81.9 Å². The van der Waals surface area contributed by atoms with Gasteiger partial charge in [0.2, 0.25) is 17.6 Å². The van der Waals surface area contributed by atoms with Gasteiger partial charge in [0.1, 0.15) is 24.1 Å². The zero-order valence-corrected chi connectivity index (χ0v) is 28.7. The topological polar surface area (TPSA) is 231 Å². The molecule has 15 nitrogen and oxygen atoms in total. The molecule has 1 fully saturated rings. The van der Waals surface area contributed by atoms with Crippen molar-refractivity contribution in [3.05, 3.63) is 24.3 Å². The van der Waals surface area contributed by atoms with Crippen LogP contribution in [-0.2, 0) is 28.8 Å². The second kappa shape index (κ2) is 19.5. The Balaban J connectivity index is 2.32. The molecule has 1 aliphatic rings. The van der Waals surface area contributed by atoms with Gasteiger partial charge in [-0.15, -0.1) is 0 Å². The molecular weight excluding hydrogens is 620 g/mol. The Labute approximate surface area is 282 Å². The normalized spacial score (nSPS) is 17.1. The number of rotatable bonds is 19. The van der Waals surface area contributed by atoms with E-state index in [4.69, 9.17) is 5.73 Å². The maximum absolute atomic E-state index is 13.9. The second-order valence-corrected chi connectivity index (χ2v) is 13.0. The van der Waals surface area contributed by atoms with Crippen LogP contribution in [0.3, 0.4) is 0 Å². The number of ketones is 1. The predicted octanol–water partition coefficient (Wildman–Crippen LogP) is 0.673. The lowest BCUT2D eigenvalue weighted by Crippen LogP contribution is -2.68. The Bertz CT molecular complexity index is 1270. The molecule has 1 aromatic rings. The molecule has 0 unspecified atom stereocenters. The largest absolute Gasteiger partial charge is 0.344 e. The number of hydrogen-bond donors (Lipinski definition) is 6. The standard InChI is InChI=1S/C33H52N8O7/c1-6-21(5)26(40-32(48)33(34,18-20(3)4)41-29(45)25-19-35-13-14-36-25)30(46)39-24(17-22-11-9-8-10-12-22)28(44)38-23(7-2)27(43)31(47)37-15-16-42/h13-14,16,19-24,26H,6-12,15,17-18,34H2,1-5H3,(H,37,47)(H,38,44)(H,39,46)(H,40,48)(H,41,45)/t21-,23+,24+,26+,33+/m1/s1. The highest BCUT2D eigenvalue weighted by atomic mass is 16.2. The van der Waals surface area contributed by atoms with E-state index in [-0.39, 0.29) is 36.9 Å². The van der Waals surface area contributed by atoms with Crippen molar-refractivity contribution in [3.63, 3.8) is 0 Å². The summed E-state index contributed by atoms with van der Waals surface area (Å²) < 4.78 is 0. The summed E-state index contributed by atoms with van der Waals surface area (Å²) in [4.78, 5) is 97.8. The van der Waals surface area contributed by atoms with Gasteiger partial charge in [0.25, 0.3) is 17.7 Å². The summed E-state index contributed by atoms with van der Waals surface area (Å²) in [6.45, 7) is 8.55. The second-order valence-electron chi connectivity index (χ2n) is 13.0. The maximum atomic E-state index is 13.9. The Morgan fingerprint density at radius 1 is 0.938 bits per heavy atom. The molecule has 1 saturated carbocycles. The first-order valence-corrected chi connectivity index (χ1v) is 16.8. The van der Waals surface area contributed by atoms with Crippen molar-refractivity contribution in [1.29, 1.82) is 0 Å². The summed E-state index contributed by atoms with van der Waals surface area (Å²) in [5.74, 6) is -5.09. The number of carbonyl (C=O) groups excluding carboxylic acids is 7. The van der Waals surface area contributed by atoms with E-state index in [1.54, 1.807) is 13.8 Å². The molecule has 5 atom stereocenters. The van der Waals surface area contributed by atoms with E-state index in [0.29, 0.717) is 19.1 Å². The zero-order valence-electron chi connectivity index (χ0n) is 28.7. The minimum Gasteiger partial charge on any atom is -0.344 e. The number of aromatic nitrogens is 2. The Kier molecular flexibility index (Phi) is 16.2. The molecule has 15 heteroatoms. The van der Waals surface area contributed by atoms with Crippen LogP contribution in [0.25, 0.3) is 0 Å². The lowest BCUT2D eigenvalue weighted by atomic mass is 9.84. The van der Waals surface area contributed by atoms with Crippen LogP contribution in [0.15, 0.2) is 18.6 Å². The summed E-state index contributed by atoms with van der Waals surface area (Å²) >= 11 is 0. The fraction of sp³-hybridized carbons (Fsp3) is 0.667. The first-order chi connectivity index (χ1) is 22.8. The van der Waals surface area contributed by atoms with Crippen LogP contribution < -0.4 is 32.3 Å². The lowest BCUT2D eigenvalue weighted by molar-refractivity contribution is -0.141. The highest BCUT2D eigenvalue weighted by Gasteiger charge is 2.41. The Morgan fingerprint density at radius 3 is 2.17 bits per heavy atom. The molecule has 266 valence electrons. The van der Waals surface area contributed by atoms with Crippen LogP contribution in [0, 0.1) is 17.8 Å². The molecule has 0 aliphatic heterocycles. The van der Waals surface area contributed by atoms with Gasteiger partial charge in [-0.3, -0.25) is 33.8 Å². The number of nitrogens with two attached hydrogens (primary N) is 1. The van der Waals surface area contributed by atoms with Crippen molar-refractivity contribution in [2.24, 2.45) is 23.5 Å². The fourth-order valence-corrected chi connectivity index (χ4v) is 5.75. The Morgan fingerprint density at radius 2 is 1.60 bits per heavy atom. The van der Waals surface area contributed by atoms with Crippen molar-refractivity contribution < 1.29 is 33.6 Å². The third-order valence-corrected chi connectivity index (χ3v) is 8.59. The lowest BCUT2D eigenvalue weighted by Gasteiger charge is -2.34. The van der Waals surface area contributed by atoms with E-state index >= 15 is 0 Å². The van der Waals surface area contributed by atoms with E-state index < -0.39 is 65.0 Å². The Hall–Kier alpha value is -4.27. The average molecular weight is 673 g/mol. The summed E-state index contributed by atoms with van der Waals surface area (Å²) in [5.41, 5.74) is 4.58. The van der Waals surface area contributed by atoms with Gasteiger partial charge in [-0.1, -0.05) is 73.1 Å². The minimum absolute atomic E-state index is 0.0400. The van der Waals surface area contributed by atoms with Crippen LogP contribution in [0.1, 0.15) is 103 Å². The smallest absolute Gasteiger partial charge is 0.289 e. The fourth-order valence-electron chi connectivity index (χ4n) is 5.75. The molecule has 0 aromatic carbocycles. The van der Waals surface area contributed by atoms with Gasteiger partial charge < -0.3 is 37.1 Å². The molecule has 0 spiro atoms. The SMILES string of the molecule is CC[C@H](NC(=O)[C@H](CC1CCCCC1)NC(=O)[C@@H](NC(=O)[C@](N)(CC(C)C)NC(=O)c1cnccn1)[C@H](C)CC)C(=O)C(=O)NCC=O. The van der Waals surface area contributed by atoms with Gasteiger partial charge >= 0.3 is 0 Å². The van der Waals surface area contributed by atoms with Gasteiger partial charge in [0.15, 0.2) is 5.66 Å². The molecule has 0 radical (unpaired) electrons. The van der Waals surface area contributed by atoms with E-state index in [1.807, 2.05) is 20.8 Å². The molecule has 1 aliphatic carbocycles. The molecule has 0 bridgehead atoms. The first kappa shape index (κ1) is 39.9. The highest BCUT2D eigenvalue weighted by Crippen LogP contribution is 2.27. The molecule has 0 saturated heterocycles. The number of carbonyl (C=O) groups is 7. The van der Waals surface area contributed by atoms with Crippen LogP contribution in [0.5, 0.6) is 0 Å². The molecule has 2 rings (SSSR count). The molecule has 7 N–H and O–H groups in total. The summed E-state index contributed by atoms with van der Waals surface area (Å²) in [6, 6.07) is -3.38.